The first kappa shape index (κ1) is 12.6. The van der Waals surface area contributed by atoms with Gasteiger partial charge in [0.15, 0.2) is 0 Å². The van der Waals surface area contributed by atoms with Crippen molar-refractivity contribution in [3.63, 3.8) is 0 Å². The molecule has 0 radical (unpaired) electrons. The first-order valence-electron chi connectivity index (χ1n) is 5.83. The lowest BCUT2D eigenvalue weighted by molar-refractivity contribution is -0.182. The van der Waals surface area contributed by atoms with Crippen molar-refractivity contribution in [2.45, 2.75) is 26.2 Å². The zero-order valence-corrected chi connectivity index (χ0v) is 10.7. The second kappa shape index (κ2) is 4.42. The third-order valence-electron chi connectivity index (χ3n) is 3.02. The highest BCUT2D eigenvalue weighted by molar-refractivity contribution is 6.06. The molecule has 2 aromatic rings. The fourth-order valence-electron chi connectivity index (χ4n) is 2.16. The van der Waals surface area contributed by atoms with Crippen molar-refractivity contribution in [3.8, 4) is 0 Å². The van der Waals surface area contributed by atoms with E-state index in [0.717, 1.165) is 16.3 Å². The van der Waals surface area contributed by atoms with Crippen molar-refractivity contribution in [2.24, 2.45) is 0 Å². The molecule has 0 saturated heterocycles. The number of carbonyl (C=O) groups excluding carboxylic acids is 1. The van der Waals surface area contributed by atoms with Gasteiger partial charge in [0.05, 0.1) is 5.56 Å². The summed E-state index contributed by atoms with van der Waals surface area (Å²) < 4.78 is 0. The van der Waals surface area contributed by atoms with E-state index >= 15 is 0 Å². The van der Waals surface area contributed by atoms with Gasteiger partial charge in [-0.2, -0.15) is 5.26 Å². The predicted molar refractivity (Wildman–Crippen MR) is 70.7 cm³/mol. The molecule has 3 nitrogen and oxygen atoms in total. The molecule has 18 heavy (non-hydrogen) atoms. The molecule has 2 rings (SSSR count). The fourth-order valence-corrected chi connectivity index (χ4v) is 2.16. The second-order valence-electron chi connectivity index (χ2n) is 5.34. The maximum Gasteiger partial charge on any atom is 0.373 e. The van der Waals surface area contributed by atoms with E-state index in [1.165, 1.54) is 0 Å². The molecule has 0 fully saturated rings. The van der Waals surface area contributed by atoms with Crippen LogP contribution < -0.4 is 0 Å². The molecule has 1 N–H and O–H groups in total. The number of rotatable bonds is 1. The summed E-state index contributed by atoms with van der Waals surface area (Å²) in [6.45, 7) is 6.06. The summed E-state index contributed by atoms with van der Waals surface area (Å²) in [7, 11) is 0. The zero-order valence-electron chi connectivity index (χ0n) is 10.7. The Balaban J connectivity index is 2.84. The van der Waals surface area contributed by atoms with Gasteiger partial charge < -0.3 is 0 Å². The molecule has 0 aliphatic rings. The Morgan fingerprint density at radius 2 is 1.78 bits per heavy atom. The normalized spacial score (nSPS) is 11.6. The minimum Gasteiger partial charge on any atom is -0.295 e. The van der Waals surface area contributed by atoms with E-state index < -0.39 is 5.97 Å². The highest BCUT2D eigenvalue weighted by Gasteiger charge is 2.24. The Bertz CT molecular complexity index is 594. The van der Waals surface area contributed by atoms with E-state index in [-0.39, 0.29) is 5.41 Å². The van der Waals surface area contributed by atoms with E-state index in [9.17, 15) is 4.79 Å². The highest BCUT2D eigenvalue weighted by atomic mass is 17.1. The van der Waals surface area contributed by atoms with Gasteiger partial charge in [-0.25, -0.2) is 4.79 Å². The minimum atomic E-state index is -0.711. The van der Waals surface area contributed by atoms with E-state index in [1.807, 2.05) is 57.2 Å². The molecule has 0 spiro atoms. The lowest BCUT2D eigenvalue weighted by Crippen LogP contribution is -2.18. The average molecular weight is 244 g/mol. The van der Waals surface area contributed by atoms with Crippen LogP contribution in [0.1, 0.15) is 36.7 Å². The van der Waals surface area contributed by atoms with E-state index in [0.29, 0.717) is 5.56 Å². The number of carbonyl (C=O) groups is 1. The zero-order chi connectivity index (χ0) is 13.3. The SMILES string of the molecule is CC(C)(C)c1ccc2ccccc2c1C(=O)OO. The van der Waals surface area contributed by atoms with Crippen LogP contribution in [0.4, 0.5) is 0 Å². The van der Waals surface area contributed by atoms with Crippen molar-refractivity contribution in [1.82, 2.24) is 0 Å². The molecule has 0 unspecified atom stereocenters. The van der Waals surface area contributed by atoms with Gasteiger partial charge in [-0.05, 0) is 21.8 Å². The van der Waals surface area contributed by atoms with Gasteiger partial charge >= 0.3 is 5.97 Å². The van der Waals surface area contributed by atoms with Gasteiger partial charge in [0, 0.05) is 0 Å². The minimum absolute atomic E-state index is 0.201. The molecule has 0 heterocycles. The first-order valence-corrected chi connectivity index (χ1v) is 5.83. The predicted octanol–water partition coefficient (Wildman–Crippen LogP) is 3.77. The Kier molecular flexibility index (Phi) is 3.09. The van der Waals surface area contributed by atoms with Crippen molar-refractivity contribution in [3.05, 3.63) is 47.5 Å². The number of hydrogen-bond acceptors (Lipinski definition) is 3. The van der Waals surface area contributed by atoms with Gasteiger partial charge in [-0.1, -0.05) is 57.2 Å². The molecule has 0 bridgehead atoms. The Labute approximate surface area is 106 Å². The molecule has 0 amide bonds. The Morgan fingerprint density at radius 1 is 1.11 bits per heavy atom. The van der Waals surface area contributed by atoms with Crippen LogP contribution in [0.2, 0.25) is 0 Å². The van der Waals surface area contributed by atoms with Gasteiger partial charge in [-0.3, -0.25) is 4.89 Å². The first-order chi connectivity index (χ1) is 8.45. The lowest BCUT2D eigenvalue weighted by Gasteiger charge is -2.22. The summed E-state index contributed by atoms with van der Waals surface area (Å²) >= 11 is 0. The van der Waals surface area contributed by atoms with Crippen molar-refractivity contribution >= 4 is 16.7 Å². The second-order valence-corrected chi connectivity index (χ2v) is 5.34. The Morgan fingerprint density at radius 3 is 2.39 bits per heavy atom. The van der Waals surface area contributed by atoms with Crippen LogP contribution in [0.3, 0.4) is 0 Å². The van der Waals surface area contributed by atoms with Crippen molar-refractivity contribution in [1.29, 1.82) is 0 Å². The molecule has 0 aromatic heterocycles. The van der Waals surface area contributed by atoms with Gasteiger partial charge in [0.25, 0.3) is 0 Å². The van der Waals surface area contributed by atoms with Gasteiger partial charge in [0.2, 0.25) is 0 Å². The van der Waals surface area contributed by atoms with E-state index in [2.05, 4.69) is 4.89 Å². The average Bonchev–Trinajstić information content (AvgIpc) is 2.35. The standard InChI is InChI=1S/C15H16O3/c1-15(2,3)12-9-8-10-6-4-5-7-11(10)13(12)14(16)18-17/h4-9,17H,1-3H3. The molecule has 0 aliphatic heterocycles. The molecule has 0 saturated carbocycles. The highest BCUT2D eigenvalue weighted by Crippen LogP contribution is 2.31. The molecule has 94 valence electrons. The summed E-state index contributed by atoms with van der Waals surface area (Å²) in [5.74, 6) is -0.711. The smallest absolute Gasteiger partial charge is 0.295 e. The van der Waals surface area contributed by atoms with Crippen molar-refractivity contribution in [2.75, 3.05) is 0 Å². The molecule has 0 aliphatic carbocycles. The summed E-state index contributed by atoms with van der Waals surface area (Å²) in [5.41, 5.74) is 1.09. The fraction of sp³-hybridized carbons (Fsp3) is 0.267. The third-order valence-corrected chi connectivity index (χ3v) is 3.02. The van der Waals surface area contributed by atoms with Crippen molar-refractivity contribution < 1.29 is 14.9 Å². The summed E-state index contributed by atoms with van der Waals surface area (Å²) in [5, 5.41) is 10.4. The van der Waals surface area contributed by atoms with E-state index in [4.69, 9.17) is 5.26 Å². The maximum absolute atomic E-state index is 11.8. The largest absolute Gasteiger partial charge is 0.373 e. The number of hydrogen-bond donors (Lipinski definition) is 1. The van der Waals surface area contributed by atoms with Crippen LogP contribution in [0.15, 0.2) is 36.4 Å². The maximum atomic E-state index is 11.8. The molecule has 0 atom stereocenters. The van der Waals surface area contributed by atoms with Crippen LogP contribution in [-0.4, -0.2) is 11.2 Å². The monoisotopic (exact) mass is 244 g/mol. The lowest BCUT2D eigenvalue weighted by atomic mass is 9.82. The van der Waals surface area contributed by atoms with Crippen LogP contribution >= 0.6 is 0 Å². The molecule has 2 aromatic carbocycles. The molecular formula is C15H16O3. The van der Waals surface area contributed by atoms with Gasteiger partial charge in [0.1, 0.15) is 0 Å². The Hall–Kier alpha value is -1.87. The summed E-state index contributed by atoms with van der Waals surface area (Å²) in [4.78, 5) is 15.8. The van der Waals surface area contributed by atoms with Gasteiger partial charge in [-0.15, -0.1) is 0 Å². The molecular weight excluding hydrogens is 228 g/mol. The van der Waals surface area contributed by atoms with Crippen LogP contribution in [0.25, 0.3) is 10.8 Å². The molecule has 3 heteroatoms. The van der Waals surface area contributed by atoms with E-state index in [1.54, 1.807) is 0 Å². The van der Waals surface area contributed by atoms with Crippen LogP contribution in [0.5, 0.6) is 0 Å². The topological polar surface area (TPSA) is 46.5 Å². The number of benzene rings is 2. The quantitative estimate of drug-likeness (QED) is 0.613. The van der Waals surface area contributed by atoms with Crippen LogP contribution in [-0.2, 0) is 10.3 Å². The summed E-state index contributed by atoms with van der Waals surface area (Å²) in [6, 6.07) is 11.4. The number of fused-ring (bicyclic) bond motifs is 1. The third kappa shape index (κ3) is 2.09. The summed E-state index contributed by atoms with van der Waals surface area (Å²) in [6.07, 6.45) is 0. The van der Waals surface area contributed by atoms with Crippen LogP contribution in [0, 0.1) is 0 Å².